The molecule has 1 aliphatic rings. The number of piperazine rings is 1. The van der Waals surface area contributed by atoms with Crippen molar-refractivity contribution >= 4 is 23.2 Å². The minimum atomic E-state index is -4.41. The predicted octanol–water partition coefficient (Wildman–Crippen LogP) is 1.85. The number of halogens is 3. The van der Waals surface area contributed by atoms with Gasteiger partial charge < -0.3 is 15.1 Å². The van der Waals surface area contributed by atoms with Gasteiger partial charge >= 0.3 is 6.18 Å². The first kappa shape index (κ1) is 18.4. The number of guanidine groups is 1. The molecule has 7 nitrogen and oxygen atoms in total. The van der Waals surface area contributed by atoms with Gasteiger partial charge in [0, 0.05) is 51.0 Å². The fourth-order valence-electron chi connectivity index (χ4n) is 2.58. The van der Waals surface area contributed by atoms with Crippen LogP contribution in [0.1, 0.15) is 10.7 Å². The fourth-order valence-corrected chi connectivity index (χ4v) is 3.32. The van der Waals surface area contributed by atoms with Crippen molar-refractivity contribution in [2.24, 2.45) is 4.99 Å². The van der Waals surface area contributed by atoms with E-state index in [2.05, 4.69) is 35.1 Å². The number of nitrogens with zero attached hydrogens (tertiary/aromatic N) is 6. The van der Waals surface area contributed by atoms with Gasteiger partial charge in [0.25, 0.3) is 0 Å². The molecule has 26 heavy (non-hydrogen) atoms. The van der Waals surface area contributed by atoms with Crippen LogP contribution in [0.4, 0.5) is 19.1 Å². The maximum atomic E-state index is 12.6. The number of thiazole rings is 1. The number of aliphatic imine (C=N–C) groups is 1. The molecule has 1 fully saturated rings. The number of alkyl halides is 3. The van der Waals surface area contributed by atoms with Crippen molar-refractivity contribution in [3.05, 3.63) is 34.5 Å². The van der Waals surface area contributed by atoms with Gasteiger partial charge in [-0.05, 0) is 6.07 Å². The molecular formula is C15H18F3N7S. The largest absolute Gasteiger partial charge is 0.434 e. The van der Waals surface area contributed by atoms with Crippen molar-refractivity contribution in [1.29, 1.82) is 0 Å². The molecule has 0 aromatic carbocycles. The van der Waals surface area contributed by atoms with Crippen LogP contribution in [0.5, 0.6) is 0 Å². The smallest absolute Gasteiger partial charge is 0.350 e. The molecule has 11 heteroatoms. The third kappa shape index (κ3) is 4.40. The van der Waals surface area contributed by atoms with Gasteiger partial charge in [0.1, 0.15) is 5.01 Å². The van der Waals surface area contributed by atoms with E-state index in [1.54, 1.807) is 25.5 Å². The van der Waals surface area contributed by atoms with Gasteiger partial charge in [0.15, 0.2) is 11.7 Å². The topological polar surface area (TPSA) is 69.5 Å². The molecule has 3 rings (SSSR count). The van der Waals surface area contributed by atoms with E-state index in [0.717, 1.165) is 29.8 Å². The Balaban J connectivity index is 1.53. The summed E-state index contributed by atoms with van der Waals surface area (Å²) in [5, 5.41) is 4.48. The summed E-state index contributed by atoms with van der Waals surface area (Å²) in [5.74, 6) is 1.33. The van der Waals surface area contributed by atoms with Crippen LogP contribution in [0.15, 0.2) is 28.8 Å². The molecule has 140 valence electrons. The van der Waals surface area contributed by atoms with Gasteiger partial charge in [0.05, 0.1) is 6.54 Å². The Morgan fingerprint density at radius 2 is 1.92 bits per heavy atom. The molecule has 3 heterocycles. The zero-order valence-electron chi connectivity index (χ0n) is 14.1. The van der Waals surface area contributed by atoms with Gasteiger partial charge in [-0.25, -0.2) is 15.0 Å². The van der Waals surface area contributed by atoms with E-state index in [1.807, 2.05) is 0 Å². The van der Waals surface area contributed by atoms with Crippen LogP contribution in [0.3, 0.4) is 0 Å². The van der Waals surface area contributed by atoms with Crippen molar-refractivity contribution in [3.8, 4) is 0 Å². The maximum absolute atomic E-state index is 12.6. The van der Waals surface area contributed by atoms with Gasteiger partial charge in [-0.3, -0.25) is 4.99 Å². The molecule has 0 radical (unpaired) electrons. The van der Waals surface area contributed by atoms with Crippen molar-refractivity contribution in [1.82, 2.24) is 25.2 Å². The Kier molecular flexibility index (Phi) is 5.55. The number of hydrogen-bond acceptors (Lipinski definition) is 6. The van der Waals surface area contributed by atoms with E-state index >= 15 is 0 Å². The lowest BCUT2D eigenvalue weighted by Crippen LogP contribution is -2.52. The van der Waals surface area contributed by atoms with Crippen LogP contribution in [0.2, 0.25) is 0 Å². The van der Waals surface area contributed by atoms with Gasteiger partial charge in [-0.1, -0.05) is 0 Å². The number of nitrogens with one attached hydrogen (secondary N) is 1. The molecule has 2 aromatic heterocycles. The fraction of sp³-hybridized carbons (Fsp3) is 0.467. The second-order valence-electron chi connectivity index (χ2n) is 5.55. The lowest BCUT2D eigenvalue weighted by Gasteiger charge is -2.36. The Bertz CT molecular complexity index is 739. The quantitative estimate of drug-likeness (QED) is 0.642. The first-order valence-electron chi connectivity index (χ1n) is 7.96. The average molecular weight is 385 g/mol. The van der Waals surface area contributed by atoms with Crippen LogP contribution < -0.4 is 10.2 Å². The second kappa shape index (κ2) is 7.85. The monoisotopic (exact) mass is 385 g/mol. The Hall–Kier alpha value is -2.43. The Morgan fingerprint density at radius 3 is 2.50 bits per heavy atom. The molecule has 1 N–H and O–H groups in total. The highest BCUT2D eigenvalue weighted by molar-refractivity contribution is 7.09. The normalized spacial score (nSPS) is 16.1. The molecule has 1 aliphatic heterocycles. The zero-order valence-corrected chi connectivity index (χ0v) is 14.9. The van der Waals surface area contributed by atoms with Crippen LogP contribution >= 0.6 is 11.3 Å². The van der Waals surface area contributed by atoms with Crippen LogP contribution in [-0.2, 0) is 12.7 Å². The van der Waals surface area contributed by atoms with Crippen molar-refractivity contribution < 1.29 is 13.2 Å². The van der Waals surface area contributed by atoms with E-state index in [1.165, 1.54) is 0 Å². The molecule has 0 atom stereocenters. The number of anilines is 1. The first-order valence-corrected chi connectivity index (χ1v) is 8.84. The number of aromatic nitrogens is 3. The van der Waals surface area contributed by atoms with Crippen LogP contribution in [0, 0.1) is 0 Å². The zero-order chi connectivity index (χ0) is 18.6. The van der Waals surface area contributed by atoms with Gasteiger partial charge in [-0.15, -0.1) is 11.3 Å². The molecule has 0 saturated carbocycles. The molecule has 2 aromatic rings. The molecule has 0 aliphatic carbocycles. The SMILES string of the molecule is CN=C(NCc1nc(C(F)(F)F)cs1)N1CCN(c2ncccn2)CC1. The van der Waals surface area contributed by atoms with E-state index in [0.29, 0.717) is 30.0 Å². The van der Waals surface area contributed by atoms with Crippen molar-refractivity contribution in [2.75, 3.05) is 38.1 Å². The Labute approximate surface area is 152 Å². The van der Waals surface area contributed by atoms with Crippen LogP contribution in [-0.4, -0.2) is 59.0 Å². The van der Waals surface area contributed by atoms with Crippen molar-refractivity contribution in [3.63, 3.8) is 0 Å². The average Bonchev–Trinajstić information content (AvgIpc) is 3.13. The highest BCUT2D eigenvalue weighted by Gasteiger charge is 2.33. The molecule has 0 bridgehead atoms. The van der Waals surface area contributed by atoms with Gasteiger partial charge in [0.2, 0.25) is 5.95 Å². The minimum absolute atomic E-state index is 0.204. The molecule has 0 spiro atoms. The third-order valence-corrected chi connectivity index (χ3v) is 4.71. The standard InChI is InChI=1S/C15H18F3N7S/c1-19-13(22-9-12-23-11(10-26-12)15(16,17)18)24-5-7-25(8-6-24)14-20-3-2-4-21-14/h2-4,10H,5-9H2,1H3,(H,19,22). The highest BCUT2D eigenvalue weighted by Crippen LogP contribution is 2.29. The summed E-state index contributed by atoms with van der Waals surface area (Å²) in [6.07, 6.45) is -0.997. The van der Waals surface area contributed by atoms with Crippen molar-refractivity contribution in [2.45, 2.75) is 12.7 Å². The highest BCUT2D eigenvalue weighted by atomic mass is 32.1. The second-order valence-corrected chi connectivity index (χ2v) is 6.49. The molecular weight excluding hydrogens is 367 g/mol. The summed E-state index contributed by atoms with van der Waals surface area (Å²) >= 11 is 0.981. The first-order chi connectivity index (χ1) is 12.5. The number of hydrogen-bond donors (Lipinski definition) is 1. The summed E-state index contributed by atoms with van der Waals surface area (Å²) in [7, 11) is 1.65. The summed E-state index contributed by atoms with van der Waals surface area (Å²) < 4.78 is 37.8. The van der Waals surface area contributed by atoms with E-state index < -0.39 is 11.9 Å². The minimum Gasteiger partial charge on any atom is -0.350 e. The van der Waals surface area contributed by atoms with E-state index in [9.17, 15) is 13.2 Å². The summed E-state index contributed by atoms with van der Waals surface area (Å²) in [4.78, 5) is 20.5. The molecule has 1 saturated heterocycles. The Morgan fingerprint density at radius 1 is 1.23 bits per heavy atom. The summed E-state index contributed by atoms with van der Waals surface area (Å²) in [6, 6.07) is 1.77. The van der Waals surface area contributed by atoms with Crippen LogP contribution in [0.25, 0.3) is 0 Å². The lowest BCUT2D eigenvalue weighted by molar-refractivity contribution is -0.140. The number of rotatable bonds is 3. The van der Waals surface area contributed by atoms with E-state index in [4.69, 9.17) is 0 Å². The lowest BCUT2D eigenvalue weighted by atomic mass is 10.3. The predicted molar refractivity (Wildman–Crippen MR) is 93.1 cm³/mol. The maximum Gasteiger partial charge on any atom is 0.434 e. The molecule has 0 amide bonds. The summed E-state index contributed by atoms with van der Waals surface area (Å²) in [6.45, 7) is 3.10. The van der Waals surface area contributed by atoms with E-state index in [-0.39, 0.29) is 6.54 Å². The van der Waals surface area contributed by atoms with Gasteiger partial charge in [-0.2, -0.15) is 13.2 Å². The third-order valence-electron chi connectivity index (χ3n) is 3.87. The molecule has 0 unspecified atom stereocenters. The summed E-state index contributed by atoms with van der Waals surface area (Å²) in [5.41, 5.74) is -0.856.